The van der Waals surface area contributed by atoms with E-state index in [9.17, 15) is 0 Å². The molecule has 2 N–H and O–H groups in total. The van der Waals surface area contributed by atoms with Gasteiger partial charge >= 0.3 is 0 Å². The normalized spacial score (nSPS) is 11.9. The van der Waals surface area contributed by atoms with E-state index >= 15 is 0 Å². The molecule has 0 saturated carbocycles. The number of hydrogen-bond donors (Lipinski definition) is 2. The van der Waals surface area contributed by atoms with Crippen LogP contribution in [0.2, 0.25) is 0 Å². The van der Waals surface area contributed by atoms with Crippen molar-refractivity contribution in [2.45, 2.75) is 12.3 Å². The van der Waals surface area contributed by atoms with E-state index in [1.54, 1.807) is 11.3 Å². The minimum absolute atomic E-state index is 0.163. The average Bonchev–Trinajstić information content (AvgIpc) is 3.11. The van der Waals surface area contributed by atoms with Crippen LogP contribution in [0.15, 0.2) is 52.6 Å². The quantitative estimate of drug-likeness (QED) is 0.711. The van der Waals surface area contributed by atoms with Gasteiger partial charge in [0.25, 0.3) is 0 Å². The first kappa shape index (κ1) is 11.8. The van der Waals surface area contributed by atoms with Crippen LogP contribution in [-0.4, -0.2) is 9.97 Å². The van der Waals surface area contributed by atoms with E-state index in [1.807, 2.05) is 24.5 Å². The fourth-order valence-electron chi connectivity index (χ4n) is 2.28. The number of rotatable bonds is 3. The fraction of sp³-hybridized carbons (Fsp3) is 0.143. The molecule has 0 spiro atoms. The lowest BCUT2D eigenvalue weighted by Gasteiger charge is -2.26. The Hall–Kier alpha value is -1.26. The predicted octanol–water partition coefficient (Wildman–Crippen LogP) is 4.52. The van der Waals surface area contributed by atoms with Gasteiger partial charge in [0.15, 0.2) is 0 Å². The molecule has 3 heterocycles. The van der Waals surface area contributed by atoms with Gasteiger partial charge < -0.3 is 9.97 Å². The number of H-pyrrole nitrogens is 2. The topological polar surface area (TPSA) is 31.6 Å². The van der Waals surface area contributed by atoms with Crippen molar-refractivity contribution in [3.8, 4) is 0 Å². The van der Waals surface area contributed by atoms with E-state index in [0.717, 1.165) is 3.79 Å². The Morgan fingerprint density at radius 3 is 2.00 bits per heavy atom. The highest BCUT2D eigenvalue weighted by molar-refractivity contribution is 9.11. The van der Waals surface area contributed by atoms with Gasteiger partial charge in [0.1, 0.15) is 0 Å². The molecule has 0 unspecified atom stereocenters. The second-order valence-corrected chi connectivity index (χ2v) is 6.86. The van der Waals surface area contributed by atoms with Gasteiger partial charge in [-0.25, -0.2) is 0 Å². The highest BCUT2D eigenvalue weighted by Crippen LogP contribution is 2.41. The summed E-state index contributed by atoms with van der Waals surface area (Å²) in [6.07, 6.45) is 3.94. The summed E-state index contributed by atoms with van der Waals surface area (Å²) in [4.78, 5) is 8.00. The molecule has 3 rings (SSSR count). The van der Waals surface area contributed by atoms with E-state index in [0.29, 0.717) is 0 Å². The number of halogens is 1. The third-order valence-electron chi connectivity index (χ3n) is 3.34. The van der Waals surface area contributed by atoms with Crippen LogP contribution in [0, 0.1) is 0 Å². The molecule has 0 atom stereocenters. The molecule has 4 heteroatoms. The molecule has 0 radical (unpaired) electrons. The third-order valence-corrected chi connectivity index (χ3v) is 5.18. The molecule has 3 aromatic heterocycles. The number of hydrogen-bond acceptors (Lipinski definition) is 1. The Morgan fingerprint density at radius 1 is 1.00 bits per heavy atom. The molecule has 0 aliphatic heterocycles. The van der Waals surface area contributed by atoms with Crippen LogP contribution < -0.4 is 0 Å². The third kappa shape index (κ3) is 1.76. The summed E-state index contributed by atoms with van der Waals surface area (Å²) < 4.78 is 1.15. The first-order valence-corrected chi connectivity index (χ1v) is 7.36. The van der Waals surface area contributed by atoms with Crippen molar-refractivity contribution in [1.29, 1.82) is 0 Å². The van der Waals surface area contributed by atoms with E-state index in [1.165, 1.54) is 16.3 Å². The summed E-state index contributed by atoms with van der Waals surface area (Å²) in [5.41, 5.74) is 2.22. The molecule has 0 aliphatic rings. The second kappa shape index (κ2) is 4.44. The summed E-state index contributed by atoms with van der Waals surface area (Å²) >= 11 is 5.32. The van der Waals surface area contributed by atoms with Crippen LogP contribution in [-0.2, 0) is 5.41 Å². The van der Waals surface area contributed by atoms with Gasteiger partial charge in [-0.2, -0.15) is 0 Å². The van der Waals surface area contributed by atoms with Crippen molar-refractivity contribution in [2.24, 2.45) is 0 Å². The molecule has 92 valence electrons. The molecule has 2 nitrogen and oxygen atoms in total. The smallest absolute Gasteiger partial charge is 0.0816 e. The van der Waals surface area contributed by atoms with E-state index < -0.39 is 0 Å². The van der Waals surface area contributed by atoms with Gasteiger partial charge in [-0.15, -0.1) is 11.3 Å². The molecule has 0 saturated heterocycles. The zero-order valence-corrected chi connectivity index (χ0v) is 12.3. The van der Waals surface area contributed by atoms with Crippen LogP contribution in [0.1, 0.15) is 23.2 Å². The van der Waals surface area contributed by atoms with Gasteiger partial charge in [0.05, 0.1) is 9.20 Å². The Labute approximate surface area is 118 Å². The predicted molar refractivity (Wildman–Crippen MR) is 79.2 cm³/mol. The molecular weight excluding hydrogens is 308 g/mol. The molecule has 0 bridgehead atoms. The maximum absolute atomic E-state index is 3.55. The Bertz CT molecular complexity index is 588. The highest BCUT2D eigenvalue weighted by atomic mass is 79.9. The standard InChI is InChI=1S/C14H13BrN2S/c1-14(10-4-2-8-16-10,11-5-3-9-17-11)12-6-7-13(15)18-12/h2-9,16-17H,1H3. The molecule has 0 amide bonds. The second-order valence-electron chi connectivity index (χ2n) is 4.40. The van der Waals surface area contributed by atoms with Gasteiger partial charge in [-0.1, -0.05) is 0 Å². The number of thiophene rings is 1. The molecular formula is C14H13BrN2S. The number of nitrogens with one attached hydrogen (secondary N) is 2. The number of aromatic nitrogens is 2. The minimum Gasteiger partial charge on any atom is -0.364 e. The lowest BCUT2D eigenvalue weighted by atomic mass is 9.82. The zero-order valence-electron chi connectivity index (χ0n) is 9.91. The van der Waals surface area contributed by atoms with Gasteiger partial charge in [-0.3, -0.25) is 0 Å². The maximum atomic E-state index is 3.55. The molecule has 18 heavy (non-hydrogen) atoms. The fourth-order valence-corrected chi connectivity index (χ4v) is 3.84. The Morgan fingerprint density at radius 2 is 1.61 bits per heavy atom. The van der Waals surface area contributed by atoms with Gasteiger partial charge in [-0.05, 0) is 59.3 Å². The lowest BCUT2D eigenvalue weighted by molar-refractivity contribution is 0.665. The van der Waals surface area contributed by atoms with Crippen LogP contribution >= 0.6 is 27.3 Å². The van der Waals surface area contributed by atoms with Crippen LogP contribution in [0.4, 0.5) is 0 Å². The first-order chi connectivity index (χ1) is 8.71. The molecule has 3 aromatic rings. The summed E-state index contributed by atoms with van der Waals surface area (Å²) in [5, 5.41) is 0. The van der Waals surface area contributed by atoms with Crippen molar-refractivity contribution < 1.29 is 0 Å². The lowest BCUT2D eigenvalue weighted by Crippen LogP contribution is -2.25. The molecule has 0 fully saturated rings. The summed E-state index contributed by atoms with van der Waals surface area (Å²) in [7, 11) is 0. The van der Waals surface area contributed by atoms with Crippen molar-refractivity contribution in [3.63, 3.8) is 0 Å². The van der Waals surface area contributed by atoms with Crippen molar-refractivity contribution >= 4 is 27.3 Å². The van der Waals surface area contributed by atoms with E-state index in [2.05, 4.69) is 57.1 Å². The van der Waals surface area contributed by atoms with E-state index in [4.69, 9.17) is 0 Å². The Kier molecular flexibility index (Phi) is 2.92. The van der Waals surface area contributed by atoms with Crippen LogP contribution in [0.25, 0.3) is 0 Å². The maximum Gasteiger partial charge on any atom is 0.0816 e. The van der Waals surface area contributed by atoms with Crippen molar-refractivity contribution in [1.82, 2.24) is 9.97 Å². The average molecular weight is 321 g/mol. The summed E-state index contributed by atoms with van der Waals surface area (Å²) in [5.74, 6) is 0. The monoisotopic (exact) mass is 320 g/mol. The SMILES string of the molecule is CC(c1ccc[nH]1)(c1ccc[nH]1)c1ccc(Br)s1. The first-order valence-electron chi connectivity index (χ1n) is 5.75. The largest absolute Gasteiger partial charge is 0.364 e. The molecule has 0 aromatic carbocycles. The van der Waals surface area contributed by atoms with Gasteiger partial charge in [0, 0.05) is 28.7 Å². The van der Waals surface area contributed by atoms with Crippen LogP contribution in [0.3, 0.4) is 0 Å². The van der Waals surface area contributed by atoms with Crippen molar-refractivity contribution in [2.75, 3.05) is 0 Å². The Balaban J connectivity index is 2.21. The highest BCUT2D eigenvalue weighted by Gasteiger charge is 2.34. The van der Waals surface area contributed by atoms with Crippen molar-refractivity contribution in [3.05, 3.63) is 68.8 Å². The molecule has 0 aliphatic carbocycles. The summed E-state index contributed by atoms with van der Waals surface area (Å²) in [6, 6.07) is 12.6. The number of aromatic amines is 2. The van der Waals surface area contributed by atoms with E-state index in [-0.39, 0.29) is 5.41 Å². The zero-order chi connectivity index (χ0) is 12.6. The summed E-state index contributed by atoms with van der Waals surface area (Å²) in [6.45, 7) is 2.24. The minimum atomic E-state index is -0.163. The van der Waals surface area contributed by atoms with Crippen LogP contribution in [0.5, 0.6) is 0 Å². The van der Waals surface area contributed by atoms with Gasteiger partial charge in [0.2, 0.25) is 0 Å².